The molecule has 1 unspecified atom stereocenters. The molecule has 5 heteroatoms. The molecule has 2 rings (SSSR count). The lowest BCUT2D eigenvalue weighted by atomic mass is 10.1. The molecule has 0 aliphatic carbocycles. The van der Waals surface area contributed by atoms with E-state index in [0.29, 0.717) is 13.1 Å². The number of carbonyl (C=O) groups excluding carboxylic acids is 1. The number of ether oxygens (including phenoxy) is 1. The average molecular weight is 261 g/mol. The first kappa shape index (κ1) is 13.1. The summed E-state index contributed by atoms with van der Waals surface area (Å²) in [4.78, 5) is 24.3. The minimum Gasteiger partial charge on any atom is -0.478 e. The van der Waals surface area contributed by atoms with Gasteiger partial charge in [-0.15, -0.1) is 0 Å². The predicted molar refractivity (Wildman–Crippen MR) is 68.8 cm³/mol. The van der Waals surface area contributed by atoms with Gasteiger partial charge in [-0.05, 0) is 5.56 Å². The molecule has 5 nitrogen and oxygen atoms in total. The number of nitrogens with zero attached hydrogens (tertiary/aromatic N) is 1. The second-order valence-corrected chi connectivity index (χ2v) is 4.28. The second-order valence-electron chi connectivity index (χ2n) is 4.28. The third kappa shape index (κ3) is 3.58. The standard InChI is InChI=1S/C14H15NO4/c16-13(17)12(10-11-6-2-1-3-7-11)19-14(18)15-8-4-5-9-15/h1-7,12H,8-10H2,(H,16,17). The summed E-state index contributed by atoms with van der Waals surface area (Å²) in [6.07, 6.45) is 2.11. The maximum absolute atomic E-state index is 11.8. The molecule has 0 saturated carbocycles. The van der Waals surface area contributed by atoms with Gasteiger partial charge in [0.25, 0.3) is 0 Å². The van der Waals surface area contributed by atoms with Crippen LogP contribution in [0.15, 0.2) is 42.5 Å². The summed E-state index contributed by atoms with van der Waals surface area (Å²) in [6, 6.07) is 9.10. The average Bonchev–Trinajstić information content (AvgIpc) is 2.93. The lowest BCUT2D eigenvalue weighted by molar-refractivity contribution is -0.147. The quantitative estimate of drug-likeness (QED) is 0.837. The Labute approximate surface area is 111 Å². The number of hydrogen-bond acceptors (Lipinski definition) is 3. The Bertz CT molecular complexity index is 475. The molecule has 1 aliphatic heterocycles. The summed E-state index contributed by atoms with van der Waals surface area (Å²) in [5.41, 5.74) is 0.822. The molecular formula is C14H15NO4. The SMILES string of the molecule is O=C(O)C(Cc1ccccc1)OC(=O)N1CC=CC1. The second kappa shape index (κ2) is 6.04. The Morgan fingerprint density at radius 3 is 2.42 bits per heavy atom. The first-order chi connectivity index (χ1) is 9.16. The Morgan fingerprint density at radius 1 is 1.21 bits per heavy atom. The van der Waals surface area contributed by atoms with E-state index < -0.39 is 18.2 Å². The lowest BCUT2D eigenvalue weighted by Gasteiger charge is -2.19. The van der Waals surface area contributed by atoms with Gasteiger partial charge in [-0.1, -0.05) is 42.5 Å². The number of rotatable bonds is 4. The molecule has 0 radical (unpaired) electrons. The van der Waals surface area contributed by atoms with E-state index in [2.05, 4.69) is 0 Å². The Balaban J connectivity index is 1.96. The number of hydrogen-bond donors (Lipinski definition) is 1. The fraction of sp³-hybridized carbons (Fsp3) is 0.286. The van der Waals surface area contributed by atoms with Crippen molar-refractivity contribution in [1.29, 1.82) is 0 Å². The summed E-state index contributed by atoms with van der Waals surface area (Å²) in [5, 5.41) is 9.11. The van der Waals surface area contributed by atoms with Gasteiger partial charge >= 0.3 is 12.1 Å². The van der Waals surface area contributed by atoms with Crippen LogP contribution in [0.25, 0.3) is 0 Å². The number of carboxylic acid groups (broad SMARTS) is 1. The first-order valence-corrected chi connectivity index (χ1v) is 6.04. The lowest BCUT2D eigenvalue weighted by Crippen LogP contribution is -2.36. The summed E-state index contributed by atoms with van der Waals surface area (Å²) < 4.78 is 5.05. The van der Waals surface area contributed by atoms with Crippen molar-refractivity contribution in [3.05, 3.63) is 48.0 Å². The van der Waals surface area contributed by atoms with Crippen LogP contribution in [0, 0.1) is 0 Å². The van der Waals surface area contributed by atoms with Gasteiger partial charge in [-0.25, -0.2) is 9.59 Å². The van der Waals surface area contributed by atoms with Gasteiger partial charge < -0.3 is 14.7 Å². The van der Waals surface area contributed by atoms with E-state index in [-0.39, 0.29) is 6.42 Å². The smallest absolute Gasteiger partial charge is 0.411 e. The molecule has 0 aromatic heterocycles. The molecule has 1 heterocycles. The number of benzene rings is 1. The van der Waals surface area contributed by atoms with Gasteiger partial charge in [0, 0.05) is 19.5 Å². The zero-order chi connectivity index (χ0) is 13.7. The van der Waals surface area contributed by atoms with E-state index >= 15 is 0 Å². The molecule has 1 atom stereocenters. The number of carboxylic acids is 1. The summed E-state index contributed by atoms with van der Waals surface area (Å²) in [6.45, 7) is 0.938. The van der Waals surface area contributed by atoms with Crippen molar-refractivity contribution in [1.82, 2.24) is 4.90 Å². The minimum atomic E-state index is -1.16. The normalized spacial score (nSPS) is 15.3. The molecule has 0 saturated heterocycles. The molecular weight excluding hydrogens is 246 g/mol. The third-order valence-electron chi connectivity index (χ3n) is 2.86. The minimum absolute atomic E-state index is 0.170. The van der Waals surface area contributed by atoms with Crippen LogP contribution < -0.4 is 0 Å². The van der Waals surface area contributed by atoms with Crippen LogP contribution in [0.4, 0.5) is 4.79 Å². The van der Waals surface area contributed by atoms with E-state index in [9.17, 15) is 9.59 Å². The maximum Gasteiger partial charge on any atom is 0.411 e. The van der Waals surface area contributed by atoms with Crippen LogP contribution in [0.2, 0.25) is 0 Å². The summed E-state index contributed by atoms with van der Waals surface area (Å²) in [5.74, 6) is -1.13. The fourth-order valence-electron chi connectivity index (χ4n) is 1.83. The number of amides is 1. The zero-order valence-electron chi connectivity index (χ0n) is 10.4. The molecule has 19 heavy (non-hydrogen) atoms. The van der Waals surface area contributed by atoms with Crippen LogP contribution in [-0.4, -0.2) is 41.3 Å². The fourth-order valence-corrected chi connectivity index (χ4v) is 1.83. The Hall–Kier alpha value is -2.30. The van der Waals surface area contributed by atoms with Gasteiger partial charge in [0.2, 0.25) is 6.10 Å². The van der Waals surface area contributed by atoms with Crippen molar-refractivity contribution in [2.24, 2.45) is 0 Å². The molecule has 0 spiro atoms. The van der Waals surface area contributed by atoms with E-state index in [1.165, 1.54) is 4.90 Å². The largest absolute Gasteiger partial charge is 0.478 e. The zero-order valence-corrected chi connectivity index (χ0v) is 10.4. The summed E-state index contributed by atoms with van der Waals surface area (Å²) >= 11 is 0. The van der Waals surface area contributed by atoms with Gasteiger partial charge in [0.1, 0.15) is 0 Å². The van der Waals surface area contributed by atoms with Crippen molar-refractivity contribution in [2.75, 3.05) is 13.1 Å². The topological polar surface area (TPSA) is 66.8 Å². The molecule has 0 bridgehead atoms. The molecule has 1 N–H and O–H groups in total. The Kier molecular flexibility index (Phi) is 4.18. The van der Waals surface area contributed by atoms with Crippen molar-refractivity contribution in [2.45, 2.75) is 12.5 Å². The van der Waals surface area contributed by atoms with Crippen molar-refractivity contribution < 1.29 is 19.4 Å². The number of carbonyl (C=O) groups is 2. The highest BCUT2D eigenvalue weighted by molar-refractivity contribution is 5.78. The van der Waals surface area contributed by atoms with E-state index in [0.717, 1.165) is 5.56 Å². The van der Waals surface area contributed by atoms with Crippen molar-refractivity contribution in [3.8, 4) is 0 Å². The molecule has 1 aromatic carbocycles. The first-order valence-electron chi connectivity index (χ1n) is 6.04. The summed E-state index contributed by atoms with van der Waals surface area (Å²) in [7, 11) is 0. The maximum atomic E-state index is 11.8. The van der Waals surface area contributed by atoms with Gasteiger partial charge in [-0.3, -0.25) is 0 Å². The Morgan fingerprint density at radius 2 is 1.84 bits per heavy atom. The molecule has 1 amide bonds. The van der Waals surface area contributed by atoms with E-state index in [1.54, 1.807) is 12.1 Å². The highest BCUT2D eigenvalue weighted by atomic mass is 16.6. The number of aliphatic carboxylic acids is 1. The molecule has 0 fully saturated rings. The van der Waals surface area contributed by atoms with Crippen LogP contribution in [0.3, 0.4) is 0 Å². The van der Waals surface area contributed by atoms with Crippen molar-refractivity contribution >= 4 is 12.1 Å². The van der Waals surface area contributed by atoms with E-state index in [1.807, 2.05) is 30.4 Å². The van der Waals surface area contributed by atoms with Gasteiger partial charge in [0.05, 0.1) is 0 Å². The van der Waals surface area contributed by atoms with Gasteiger partial charge in [-0.2, -0.15) is 0 Å². The van der Waals surface area contributed by atoms with Crippen LogP contribution in [0.5, 0.6) is 0 Å². The van der Waals surface area contributed by atoms with Crippen LogP contribution in [0.1, 0.15) is 5.56 Å². The molecule has 1 aromatic rings. The molecule has 100 valence electrons. The van der Waals surface area contributed by atoms with E-state index in [4.69, 9.17) is 9.84 Å². The van der Waals surface area contributed by atoms with Gasteiger partial charge in [0.15, 0.2) is 0 Å². The monoisotopic (exact) mass is 261 g/mol. The third-order valence-corrected chi connectivity index (χ3v) is 2.86. The molecule has 1 aliphatic rings. The van der Waals surface area contributed by atoms with Crippen LogP contribution in [-0.2, 0) is 16.0 Å². The highest BCUT2D eigenvalue weighted by Crippen LogP contribution is 2.10. The predicted octanol–water partition coefficient (Wildman–Crippen LogP) is 1.69. The highest BCUT2D eigenvalue weighted by Gasteiger charge is 2.26. The van der Waals surface area contributed by atoms with Crippen molar-refractivity contribution in [3.63, 3.8) is 0 Å². The van der Waals surface area contributed by atoms with Crippen LogP contribution >= 0.6 is 0 Å².